The molecule has 1 aromatic carbocycles. The van der Waals surface area contributed by atoms with E-state index in [-0.39, 0.29) is 11.0 Å². The van der Waals surface area contributed by atoms with E-state index in [1.165, 1.54) is 0 Å². The van der Waals surface area contributed by atoms with Gasteiger partial charge in [0.2, 0.25) is 0 Å². The summed E-state index contributed by atoms with van der Waals surface area (Å²) in [5, 5.41) is 0. The van der Waals surface area contributed by atoms with Gasteiger partial charge in [0.15, 0.2) is 0 Å². The monoisotopic (exact) mass is 229 g/mol. The maximum atomic E-state index is 8.67. The number of nitrogens with two attached hydrogens (primary N) is 1. The molecule has 0 aliphatic carbocycles. The van der Waals surface area contributed by atoms with Crippen molar-refractivity contribution >= 4 is 5.69 Å². The molecule has 0 bridgehead atoms. The second-order valence-corrected chi connectivity index (χ2v) is 2.39. The van der Waals surface area contributed by atoms with Gasteiger partial charge in [0.05, 0.1) is 0 Å². The van der Waals surface area contributed by atoms with Crippen molar-refractivity contribution < 1.29 is 37.7 Å². The summed E-state index contributed by atoms with van der Waals surface area (Å²) in [5.74, 6) is 0. The molecule has 1 aromatic rings. The number of anilines is 1. The Morgan fingerprint density at radius 3 is 1.54 bits per heavy atom. The average Bonchev–Trinajstić information content (AvgIpc) is 1.87. The Morgan fingerprint density at radius 2 is 1.38 bits per heavy atom. The number of benzene rings is 1. The van der Waals surface area contributed by atoms with Crippen LogP contribution in [-0.2, 0) is 22.7 Å². The molecule has 0 fully saturated rings. The third kappa shape index (κ3) is 18.2. The Labute approximate surface area is 80.0 Å². The zero-order chi connectivity index (χ0) is 8.69. The zero-order valence-corrected chi connectivity index (χ0v) is 8.07. The summed E-state index contributed by atoms with van der Waals surface area (Å²) in [6.45, 7) is 0. The van der Waals surface area contributed by atoms with Gasteiger partial charge in [0, 0.05) is 5.69 Å². The van der Waals surface area contributed by atoms with Gasteiger partial charge >= 0.3 is 26.8 Å². The summed E-state index contributed by atoms with van der Waals surface area (Å²) in [5.41, 5.74) is 6.18. The van der Waals surface area contributed by atoms with Gasteiger partial charge in [-0.2, -0.15) is 0 Å². The molecule has 0 atom stereocenters. The van der Waals surface area contributed by atoms with Crippen LogP contribution >= 0.6 is 0 Å². The molecule has 0 saturated carbocycles. The number of para-hydroxylation sites is 1. The summed E-state index contributed by atoms with van der Waals surface area (Å²) < 4.78 is 24.4. The van der Waals surface area contributed by atoms with E-state index in [0.717, 1.165) is 5.69 Å². The summed E-state index contributed by atoms with van der Waals surface area (Å²) in [6.07, 6.45) is 0. The Bertz CT molecular complexity index is 253. The Balaban J connectivity index is -0.000000150. The van der Waals surface area contributed by atoms with E-state index in [0.29, 0.717) is 0 Å². The second-order valence-electron chi connectivity index (χ2n) is 1.65. The third-order valence-corrected chi connectivity index (χ3v) is 0.800. The van der Waals surface area contributed by atoms with Gasteiger partial charge in [0.25, 0.3) is 0 Å². The summed E-state index contributed by atoms with van der Waals surface area (Å²) in [6, 6.07) is 9.49. The van der Waals surface area contributed by atoms with Crippen molar-refractivity contribution in [2.45, 2.75) is 0 Å². The van der Waals surface area contributed by atoms with Gasteiger partial charge < -0.3 is 16.7 Å². The molecule has 0 spiro atoms. The van der Waals surface area contributed by atoms with Crippen LogP contribution in [0.5, 0.6) is 0 Å². The number of rotatable bonds is 0. The number of hydrogen-bond donors (Lipinski definition) is 2. The Kier molecular flexibility index (Phi) is 15.3. The van der Waals surface area contributed by atoms with E-state index in [4.69, 9.17) is 17.1 Å². The Hall–Kier alpha value is -0.916. The standard InChI is InChI=1S/C6H7N.3H2O.2O.V/c7-6-4-2-1-3-5-6;;;;;;/h1-5H,7H2;3*1H2;;;/q;;;;;;+1/p-1. The fourth-order valence-corrected chi connectivity index (χ4v) is 0.453. The van der Waals surface area contributed by atoms with E-state index in [1.54, 1.807) is 0 Å². The third-order valence-electron chi connectivity index (χ3n) is 0.800. The molecule has 7 heteroatoms. The first kappa shape index (κ1) is 18.0. The molecular weight excluding hydrogens is 217 g/mol. The van der Waals surface area contributed by atoms with Crippen molar-refractivity contribution in [3.63, 3.8) is 0 Å². The van der Waals surface area contributed by atoms with Crippen LogP contribution in [0.15, 0.2) is 30.3 Å². The summed E-state index contributed by atoms with van der Waals surface area (Å²) >= 11 is -3.69. The van der Waals surface area contributed by atoms with Crippen LogP contribution in [-0.4, -0.2) is 15.0 Å². The molecule has 0 radical (unpaired) electrons. The molecule has 76 valence electrons. The van der Waals surface area contributed by atoms with Gasteiger partial charge in [-0.15, -0.1) is 0 Å². The molecule has 0 aliphatic heterocycles. The predicted octanol–water partition coefficient (Wildman–Crippen LogP) is -1.18. The normalized spacial score (nSPS) is 6.54. The van der Waals surface area contributed by atoms with Gasteiger partial charge in [-0.3, -0.25) is 0 Å². The molecule has 0 unspecified atom stereocenters. The van der Waals surface area contributed by atoms with Crippen LogP contribution < -0.4 is 5.73 Å². The molecule has 0 aromatic heterocycles. The van der Waals surface area contributed by atoms with Crippen LogP contribution in [0, 0.1) is 0 Å². The van der Waals surface area contributed by atoms with Crippen LogP contribution in [0.3, 0.4) is 0 Å². The molecule has 0 aliphatic rings. The van der Waals surface area contributed by atoms with Crippen LogP contribution in [0.2, 0.25) is 0 Å². The first-order valence-electron chi connectivity index (χ1n) is 2.76. The van der Waals surface area contributed by atoms with Crippen molar-refractivity contribution in [1.82, 2.24) is 0 Å². The second kappa shape index (κ2) is 11.1. The van der Waals surface area contributed by atoms with Gasteiger partial charge in [-0.1, -0.05) is 18.2 Å². The van der Waals surface area contributed by atoms with Gasteiger partial charge in [0.1, 0.15) is 0 Å². The SMILES string of the molecule is Nc1ccccc1.O.O.[O]=[V](=[O])[OH]. The van der Waals surface area contributed by atoms with E-state index < -0.39 is 15.4 Å². The Morgan fingerprint density at radius 1 is 1.08 bits per heavy atom. The number of hydrogen-bond acceptors (Lipinski definition) is 3. The molecular formula is C6H12NO5V. The molecule has 1 rings (SSSR count). The quantitative estimate of drug-likeness (QED) is 0.539. The van der Waals surface area contributed by atoms with Crippen LogP contribution in [0.4, 0.5) is 5.69 Å². The van der Waals surface area contributed by atoms with Crippen LogP contribution in [0.25, 0.3) is 0 Å². The number of nitrogen functional groups attached to an aromatic ring is 1. The molecule has 13 heavy (non-hydrogen) atoms. The average molecular weight is 229 g/mol. The molecule has 6 nitrogen and oxygen atoms in total. The molecule has 7 N–H and O–H groups in total. The fourth-order valence-electron chi connectivity index (χ4n) is 0.453. The van der Waals surface area contributed by atoms with Gasteiger partial charge in [-0.05, 0) is 12.1 Å². The van der Waals surface area contributed by atoms with E-state index in [1.807, 2.05) is 30.3 Å². The van der Waals surface area contributed by atoms with Crippen molar-refractivity contribution in [2.75, 3.05) is 5.73 Å². The minimum atomic E-state index is -3.69. The van der Waals surface area contributed by atoms with Gasteiger partial charge in [-0.25, -0.2) is 0 Å². The van der Waals surface area contributed by atoms with Crippen molar-refractivity contribution in [2.24, 2.45) is 0 Å². The zero-order valence-electron chi connectivity index (χ0n) is 6.68. The maximum absolute atomic E-state index is 8.67. The first-order chi connectivity index (χ1) is 5.13. The van der Waals surface area contributed by atoms with E-state index in [2.05, 4.69) is 0 Å². The van der Waals surface area contributed by atoms with E-state index >= 15 is 0 Å². The summed E-state index contributed by atoms with van der Waals surface area (Å²) in [7, 11) is 0. The van der Waals surface area contributed by atoms with Crippen LogP contribution in [0.1, 0.15) is 0 Å². The van der Waals surface area contributed by atoms with Crippen molar-refractivity contribution in [1.29, 1.82) is 0 Å². The van der Waals surface area contributed by atoms with E-state index in [9.17, 15) is 0 Å². The molecule has 0 amide bonds. The van der Waals surface area contributed by atoms with Crippen molar-refractivity contribution in [3.8, 4) is 0 Å². The minimum absolute atomic E-state index is 0. The molecule has 0 heterocycles. The van der Waals surface area contributed by atoms with Crippen molar-refractivity contribution in [3.05, 3.63) is 30.3 Å². The summed E-state index contributed by atoms with van der Waals surface area (Å²) in [4.78, 5) is 0. The predicted molar refractivity (Wildman–Crippen MR) is 41.7 cm³/mol. The fraction of sp³-hybridized carbons (Fsp3) is 0. The first-order valence-corrected chi connectivity index (χ1v) is 4.53. The molecule has 0 saturated heterocycles. The topological polar surface area (TPSA) is 143 Å².